The van der Waals surface area contributed by atoms with E-state index in [9.17, 15) is 5.11 Å². The van der Waals surface area contributed by atoms with Crippen LogP contribution in [0.15, 0.2) is 0 Å². The Morgan fingerprint density at radius 1 is 1.00 bits per heavy atom. The molecule has 2 aliphatic rings. The van der Waals surface area contributed by atoms with Crippen molar-refractivity contribution in [3.63, 3.8) is 0 Å². The molecule has 3 heteroatoms. The van der Waals surface area contributed by atoms with Crippen LogP contribution in [0.3, 0.4) is 0 Å². The second kappa shape index (κ2) is 4.81. The Labute approximate surface area is 93.1 Å². The van der Waals surface area contributed by atoms with Gasteiger partial charge in [0.25, 0.3) is 0 Å². The Hall–Kier alpha value is -0.120. The van der Waals surface area contributed by atoms with Crippen molar-refractivity contribution in [2.45, 2.75) is 38.2 Å². The topological polar surface area (TPSA) is 26.7 Å². The zero-order valence-corrected chi connectivity index (χ0v) is 9.91. The first kappa shape index (κ1) is 11.4. The van der Waals surface area contributed by atoms with Crippen molar-refractivity contribution in [3.8, 4) is 0 Å². The molecule has 2 heterocycles. The molecule has 0 unspecified atom stereocenters. The Balaban J connectivity index is 1.80. The van der Waals surface area contributed by atoms with Gasteiger partial charge >= 0.3 is 0 Å². The maximum atomic E-state index is 10.5. The highest BCUT2D eigenvalue weighted by atomic mass is 16.3. The van der Waals surface area contributed by atoms with Crippen LogP contribution in [-0.2, 0) is 0 Å². The molecule has 0 radical (unpaired) electrons. The number of piperidine rings is 1. The van der Waals surface area contributed by atoms with E-state index in [2.05, 4.69) is 16.7 Å². The summed E-state index contributed by atoms with van der Waals surface area (Å²) in [6.45, 7) is 8.76. The van der Waals surface area contributed by atoms with Crippen LogP contribution in [0.25, 0.3) is 0 Å². The Bertz CT molecular complexity index is 194. The summed E-state index contributed by atoms with van der Waals surface area (Å²) in [5.74, 6) is 0. The van der Waals surface area contributed by atoms with Crippen LogP contribution in [0.4, 0.5) is 0 Å². The summed E-state index contributed by atoms with van der Waals surface area (Å²) in [7, 11) is 0. The van der Waals surface area contributed by atoms with Gasteiger partial charge in [0.05, 0.1) is 5.60 Å². The number of rotatable bonds is 3. The van der Waals surface area contributed by atoms with Gasteiger partial charge in [0.2, 0.25) is 0 Å². The number of hydrogen-bond acceptors (Lipinski definition) is 3. The average Bonchev–Trinajstić information content (AvgIpc) is 2.71. The van der Waals surface area contributed by atoms with E-state index >= 15 is 0 Å². The van der Waals surface area contributed by atoms with Crippen LogP contribution in [0.2, 0.25) is 0 Å². The quantitative estimate of drug-likeness (QED) is 0.754. The molecule has 0 aromatic rings. The number of hydrogen-bond donors (Lipinski definition) is 1. The minimum Gasteiger partial charge on any atom is -0.388 e. The van der Waals surface area contributed by atoms with Crippen LogP contribution in [-0.4, -0.2) is 59.8 Å². The number of aliphatic hydroxyl groups is 1. The molecule has 3 nitrogen and oxygen atoms in total. The van der Waals surface area contributed by atoms with Gasteiger partial charge in [-0.1, -0.05) is 6.92 Å². The van der Waals surface area contributed by atoms with Gasteiger partial charge in [-0.2, -0.15) is 0 Å². The fourth-order valence-corrected chi connectivity index (χ4v) is 2.80. The van der Waals surface area contributed by atoms with E-state index in [1.165, 1.54) is 25.9 Å². The third-order valence-electron chi connectivity index (χ3n) is 3.95. The number of nitrogens with zero attached hydrogens (tertiary/aromatic N) is 2. The highest BCUT2D eigenvalue weighted by molar-refractivity contribution is 4.89. The van der Waals surface area contributed by atoms with Crippen molar-refractivity contribution in [1.82, 2.24) is 9.80 Å². The normalized spacial score (nSPS) is 28.4. The Kier molecular flexibility index (Phi) is 3.65. The monoisotopic (exact) mass is 212 g/mol. The molecular weight excluding hydrogens is 188 g/mol. The Morgan fingerprint density at radius 2 is 1.60 bits per heavy atom. The lowest BCUT2D eigenvalue weighted by Gasteiger charge is -2.39. The number of likely N-dealkylation sites (tertiary alicyclic amines) is 2. The first-order valence-electron chi connectivity index (χ1n) is 6.39. The molecule has 0 saturated carbocycles. The molecule has 0 spiro atoms. The van der Waals surface area contributed by atoms with Gasteiger partial charge in [-0.05, 0) is 45.3 Å². The highest BCUT2D eigenvalue weighted by Crippen LogP contribution is 2.24. The van der Waals surface area contributed by atoms with Crippen molar-refractivity contribution in [3.05, 3.63) is 0 Å². The van der Waals surface area contributed by atoms with Gasteiger partial charge in [-0.25, -0.2) is 0 Å². The van der Waals surface area contributed by atoms with Crippen molar-refractivity contribution >= 4 is 0 Å². The largest absolute Gasteiger partial charge is 0.388 e. The molecule has 0 amide bonds. The standard InChI is InChI=1S/C12H24N2O/c1-2-13-9-5-12(15,6-10-13)11-14-7-3-4-8-14/h15H,2-11H2,1H3. The van der Waals surface area contributed by atoms with Crippen LogP contribution in [0.5, 0.6) is 0 Å². The lowest BCUT2D eigenvalue weighted by molar-refractivity contribution is -0.0405. The predicted octanol–water partition coefficient (Wildman–Crippen LogP) is 0.929. The molecule has 2 aliphatic heterocycles. The van der Waals surface area contributed by atoms with Gasteiger partial charge in [0.1, 0.15) is 0 Å². The van der Waals surface area contributed by atoms with E-state index < -0.39 is 5.60 Å². The zero-order valence-electron chi connectivity index (χ0n) is 9.91. The predicted molar refractivity (Wildman–Crippen MR) is 62.0 cm³/mol. The minimum atomic E-state index is -0.393. The van der Waals surface area contributed by atoms with Crippen LogP contribution in [0.1, 0.15) is 32.6 Å². The summed E-state index contributed by atoms with van der Waals surface area (Å²) in [4.78, 5) is 4.86. The molecule has 2 fully saturated rings. The molecule has 2 rings (SSSR count). The summed E-state index contributed by atoms with van der Waals surface area (Å²) < 4.78 is 0. The lowest BCUT2D eigenvalue weighted by Crippen LogP contribution is -2.50. The van der Waals surface area contributed by atoms with Crippen molar-refractivity contribution in [2.75, 3.05) is 39.3 Å². The fourth-order valence-electron chi connectivity index (χ4n) is 2.80. The molecule has 2 saturated heterocycles. The molecule has 0 aliphatic carbocycles. The molecule has 0 bridgehead atoms. The average molecular weight is 212 g/mol. The van der Waals surface area contributed by atoms with Crippen LogP contribution < -0.4 is 0 Å². The van der Waals surface area contributed by atoms with E-state index in [1.807, 2.05) is 0 Å². The van der Waals surface area contributed by atoms with Gasteiger partial charge in [0.15, 0.2) is 0 Å². The molecule has 88 valence electrons. The minimum absolute atomic E-state index is 0.393. The van der Waals surface area contributed by atoms with E-state index in [4.69, 9.17) is 0 Å². The summed E-state index contributed by atoms with van der Waals surface area (Å²) in [6, 6.07) is 0. The van der Waals surface area contributed by atoms with E-state index in [0.29, 0.717) is 0 Å². The van der Waals surface area contributed by atoms with E-state index in [1.54, 1.807) is 0 Å². The van der Waals surface area contributed by atoms with E-state index in [0.717, 1.165) is 39.0 Å². The molecular formula is C12H24N2O. The summed E-state index contributed by atoms with van der Waals surface area (Å²) >= 11 is 0. The first-order chi connectivity index (χ1) is 7.22. The van der Waals surface area contributed by atoms with Crippen LogP contribution >= 0.6 is 0 Å². The maximum Gasteiger partial charge on any atom is 0.0798 e. The zero-order chi connectivity index (χ0) is 10.7. The molecule has 0 aromatic carbocycles. The molecule has 15 heavy (non-hydrogen) atoms. The second-order valence-corrected chi connectivity index (χ2v) is 5.14. The summed E-state index contributed by atoms with van der Waals surface area (Å²) in [5.41, 5.74) is -0.393. The Morgan fingerprint density at radius 3 is 2.13 bits per heavy atom. The first-order valence-corrected chi connectivity index (χ1v) is 6.39. The lowest BCUT2D eigenvalue weighted by atomic mass is 9.91. The van der Waals surface area contributed by atoms with Crippen molar-refractivity contribution < 1.29 is 5.11 Å². The molecule has 0 atom stereocenters. The number of β-amino-alcohol motifs (C(OH)–C–C–N with tert-alkyl or cyclic N) is 1. The smallest absolute Gasteiger partial charge is 0.0798 e. The fraction of sp³-hybridized carbons (Fsp3) is 1.00. The maximum absolute atomic E-state index is 10.5. The van der Waals surface area contributed by atoms with Gasteiger partial charge in [-0.15, -0.1) is 0 Å². The van der Waals surface area contributed by atoms with Gasteiger partial charge in [-0.3, -0.25) is 0 Å². The second-order valence-electron chi connectivity index (χ2n) is 5.14. The summed E-state index contributed by atoms with van der Waals surface area (Å²) in [6.07, 6.45) is 4.54. The van der Waals surface area contributed by atoms with Crippen molar-refractivity contribution in [2.24, 2.45) is 0 Å². The van der Waals surface area contributed by atoms with Crippen molar-refractivity contribution in [1.29, 1.82) is 0 Å². The van der Waals surface area contributed by atoms with Crippen LogP contribution in [0, 0.1) is 0 Å². The van der Waals surface area contributed by atoms with Gasteiger partial charge in [0, 0.05) is 19.6 Å². The van der Waals surface area contributed by atoms with Gasteiger partial charge < -0.3 is 14.9 Å². The summed E-state index contributed by atoms with van der Waals surface area (Å²) in [5, 5.41) is 10.5. The highest BCUT2D eigenvalue weighted by Gasteiger charge is 2.34. The molecule has 1 N–H and O–H groups in total. The SMILES string of the molecule is CCN1CCC(O)(CN2CCCC2)CC1. The third kappa shape index (κ3) is 2.92. The van der Waals surface area contributed by atoms with E-state index in [-0.39, 0.29) is 0 Å². The third-order valence-corrected chi connectivity index (χ3v) is 3.95. The molecule has 0 aromatic heterocycles.